The number of allylic oxidation sites excluding steroid dienone is 1. The zero-order chi connectivity index (χ0) is 20.4. The molecule has 29 heavy (non-hydrogen) atoms. The first-order valence-corrected chi connectivity index (χ1v) is 12.2. The maximum atomic E-state index is 10.9. The van der Waals surface area contributed by atoms with Crippen molar-refractivity contribution in [3.05, 3.63) is 30.6 Å². The van der Waals surface area contributed by atoms with E-state index in [4.69, 9.17) is 0 Å². The Bertz CT molecular complexity index is 753. The number of nitrogens with zero attached hydrogens (tertiary/aromatic N) is 2. The van der Waals surface area contributed by atoms with Gasteiger partial charge in [-0.15, -0.1) is 0 Å². The summed E-state index contributed by atoms with van der Waals surface area (Å²) in [4.78, 5) is 0. The van der Waals surface area contributed by atoms with E-state index in [1.807, 2.05) is 16.9 Å². The predicted molar refractivity (Wildman–Crippen MR) is 117 cm³/mol. The average molecular weight is 397 g/mol. The predicted octanol–water partition coefficient (Wildman–Crippen LogP) is 5.71. The van der Waals surface area contributed by atoms with Gasteiger partial charge in [0.15, 0.2) is 0 Å². The van der Waals surface area contributed by atoms with Crippen molar-refractivity contribution in [1.29, 1.82) is 0 Å². The molecule has 0 radical (unpaired) electrons. The lowest BCUT2D eigenvalue weighted by Crippen LogP contribution is -2.52. The summed E-state index contributed by atoms with van der Waals surface area (Å²) in [6.45, 7) is 12.4. The van der Waals surface area contributed by atoms with Crippen molar-refractivity contribution < 1.29 is 5.11 Å². The molecule has 3 heteroatoms. The number of hydrogen-bond donors (Lipinski definition) is 1. The van der Waals surface area contributed by atoms with Crippen LogP contribution >= 0.6 is 0 Å². The topological polar surface area (TPSA) is 38.0 Å². The van der Waals surface area contributed by atoms with Gasteiger partial charge in [0.05, 0.1) is 12.1 Å². The van der Waals surface area contributed by atoms with E-state index in [2.05, 4.69) is 38.6 Å². The van der Waals surface area contributed by atoms with Gasteiger partial charge in [-0.1, -0.05) is 26.0 Å². The van der Waals surface area contributed by atoms with E-state index in [1.54, 1.807) is 0 Å². The summed E-state index contributed by atoms with van der Waals surface area (Å²) >= 11 is 0. The zero-order valence-electron chi connectivity index (χ0n) is 18.7. The van der Waals surface area contributed by atoms with Crippen LogP contribution in [0.3, 0.4) is 0 Å². The lowest BCUT2D eigenvalue weighted by atomic mass is 9.48. The molecule has 0 aromatic carbocycles. The van der Waals surface area contributed by atoms with Gasteiger partial charge in [0.25, 0.3) is 0 Å². The molecule has 1 aromatic heterocycles. The second-order valence-electron chi connectivity index (χ2n) is 11.7. The summed E-state index contributed by atoms with van der Waals surface area (Å²) in [7, 11) is 0. The van der Waals surface area contributed by atoms with E-state index >= 15 is 0 Å². The smallest absolute Gasteiger partial charge is 0.0648 e. The van der Waals surface area contributed by atoms with Gasteiger partial charge in [-0.05, 0) is 111 Å². The molecule has 1 heterocycles. The van der Waals surface area contributed by atoms with Gasteiger partial charge < -0.3 is 5.11 Å². The molecule has 0 saturated heterocycles. The molecule has 1 aromatic rings. The van der Waals surface area contributed by atoms with E-state index < -0.39 is 5.60 Å². The van der Waals surface area contributed by atoms with Crippen molar-refractivity contribution in [2.45, 2.75) is 84.3 Å². The van der Waals surface area contributed by atoms with Crippen molar-refractivity contribution in [3.8, 4) is 0 Å². The average Bonchev–Trinajstić information content (AvgIpc) is 3.29. The molecule has 3 nitrogen and oxygen atoms in total. The van der Waals surface area contributed by atoms with E-state index in [9.17, 15) is 5.11 Å². The minimum absolute atomic E-state index is 0.435. The summed E-state index contributed by atoms with van der Waals surface area (Å²) in [5.41, 5.74) is 1.39. The number of hydrogen-bond acceptors (Lipinski definition) is 2. The van der Waals surface area contributed by atoms with E-state index in [0.29, 0.717) is 17.3 Å². The van der Waals surface area contributed by atoms with Crippen LogP contribution in [0.2, 0.25) is 0 Å². The number of rotatable bonds is 3. The van der Waals surface area contributed by atoms with Crippen molar-refractivity contribution in [2.24, 2.45) is 46.8 Å². The molecule has 0 unspecified atom stereocenters. The van der Waals surface area contributed by atoms with Crippen LogP contribution in [0.4, 0.5) is 0 Å². The summed E-state index contributed by atoms with van der Waals surface area (Å²) in [5, 5.41) is 15.3. The SMILES string of the molecule is C=C(Cn1cccn1)[C@H]1CC[C@H]2[C@@H]3CC[C@@H]4C[C@](C)(O)[C@@H](C)C[C@@H]4[C@H]3CC[C@]12C. The fourth-order valence-electron chi connectivity index (χ4n) is 8.63. The minimum atomic E-state index is -0.445. The minimum Gasteiger partial charge on any atom is -0.390 e. The quantitative estimate of drug-likeness (QED) is 0.665. The Labute approximate surface area is 177 Å². The Morgan fingerprint density at radius 3 is 2.72 bits per heavy atom. The summed E-state index contributed by atoms with van der Waals surface area (Å²) in [5.74, 6) is 5.41. The maximum Gasteiger partial charge on any atom is 0.0648 e. The Balaban J connectivity index is 1.33. The second-order valence-corrected chi connectivity index (χ2v) is 11.7. The molecule has 160 valence electrons. The largest absolute Gasteiger partial charge is 0.390 e. The third kappa shape index (κ3) is 3.14. The fraction of sp³-hybridized carbons (Fsp3) is 0.808. The van der Waals surface area contributed by atoms with Crippen molar-refractivity contribution in [2.75, 3.05) is 0 Å². The van der Waals surface area contributed by atoms with Gasteiger partial charge >= 0.3 is 0 Å². The van der Waals surface area contributed by atoms with Gasteiger partial charge in [-0.2, -0.15) is 5.10 Å². The van der Waals surface area contributed by atoms with E-state index in [0.717, 1.165) is 42.6 Å². The van der Waals surface area contributed by atoms with E-state index in [-0.39, 0.29) is 0 Å². The third-order valence-electron chi connectivity index (χ3n) is 10.3. The maximum absolute atomic E-state index is 10.9. The molecule has 1 N–H and O–H groups in total. The molecule has 9 atom stereocenters. The number of aliphatic hydroxyl groups is 1. The number of fused-ring (bicyclic) bond motifs is 5. The summed E-state index contributed by atoms with van der Waals surface area (Å²) in [6, 6.07) is 2.01. The Morgan fingerprint density at radius 1 is 1.14 bits per heavy atom. The van der Waals surface area contributed by atoms with Crippen molar-refractivity contribution in [3.63, 3.8) is 0 Å². The Morgan fingerprint density at radius 2 is 1.97 bits per heavy atom. The van der Waals surface area contributed by atoms with E-state index in [1.165, 1.54) is 50.5 Å². The molecule has 0 spiro atoms. The monoisotopic (exact) mass is 396 g/mol. The lowest BCUT2D eigenvalue weighted by Gasteiger charge is -2.58. The van der Waals surface area contributed by atoms with Crippen LogP contribution in [-0.2, 0) is 6.54 Å². The highest BCUT2D eigenvalue weighted by Gasteiger charge is 2.58. The number of aromatic nitrogens is 2. The molecule has 4 aliphatic rings. The van der Waals surface area contributed by atoms with Gasteiger partial charge in [0, 0.05) is 12.4 Å². The molecular formula is C26H40N2O. The first kappa shape index (κ1) is 19.8. The highest BCUT2D eigenvalue weighted by Crippen LogP contribution is 2.65. The molecule has 5 rings (SSSR count). The van der Waals surface area contributed by atoms with Crippen LogP contribution in [0.5, 0.6) is 0 Å². The molecule has 0 bridgehead atoms. The Hall–Kier alpha value is -1.09. The van der Waals surface area contributed by atoms with Crippen LogP contribution in [0.1, 0.15) is 72.1 Å². The second kappa shape index (κ2) is 6.97. The normalized spacial score (nSPS) is 49.2. The molecular weight excluding hydrogens is 356 g/mol. The summed E-state index contributed by atoms with van der Waals surface area (Å²) in [6.07, 6.45) is 14.5. The fourth-order valence-corrected chi connectivity index (χ4v) is 8.63. The van der Waals surface area contributed by atoms with Crippen LogP contribution in [0, 0.1) is 46.8 Å². The Kier molecular flexibility index (Phi) is 4.77. The van der Waals surface area contributed by atoms with Gasteiger partial charge in [-0.3, -0.25) is 4.68 Å². The first-order chi connectivity index (χ1) is 13.8. The van der Waals surface area contributed by atoms with Crippen LogP contribution < -0.4 is 0 Å². The van der Waals surface area contributed by atoms with Gasteiger partial charge in [0.1, 0.15) is 0 Å². The lowest BCUT2D eigenvalue weighted by molar-refractivity contribution is -0.121. The van der Waals surface area contributed by atoms with Crippen molar-refractivity contribution in [1.82, 2.24) is 9.78 Å². The van der Waals surface area contributed by atoms with Gasteiger partial charge in [-0.25, -0.2) is 0 Å². The van der Waals surface area contributed by atoms with Crippen LogP contribution in [0.15, 0.2) is 30.6 Å². The molecule has 0 amide bonds. The first-order valence-electron chi connectivity index (χ1n) is 12.2. The summed E-state index contributed by atoms with van der Waals surface area (Å²) < 4.78 is 2.05. The van der Waals surface area contributed by atoms with Crippen LogP contribution in [-0.4, -0.2) is 20.5 Å². The van der Waals surface area contributed by atoms with Gasteiger partial charge in [0.2, 0.25) is 0 Å². The van der Waals surface area contributed by atoms with Crippen molar-refractivity contribution >= 4 is 0 Å². The highest BCUT2D eigenvalue weighted by atomic mass is 16.3. The molecule has 4 aliphatic carbocycles. The van der Waals surface area contributed by atoms with Crippen LogP contribution in [0.25, 0.3) is 0 Å². The zero-order valence-corrected chi connectivity index (χ0v) is 18.7. The third-order valence-corrected chi connectivity index (χ3v) is 10.3. The molecule has 0 aliphatic heterocycles. The standard InChI is InChI=1S/C26H40N2O/c1-17(16-28-13-5-12-27-28)23-8-9-24-21-7-6-19-15-26(4,29)18(2)14-22(19)20(21)10-11-25(23,24)3/h5,12-13,18-24,29H,1,6-11,14-16H2,2-4H3/t18-,19+,20-,21+,22-,23+,24-,25+,26-/m0/s1. The molecule has 4 saturated carbocycles. The molecule has 4 fully saturated rings. The highest BCUT2D eigenvalue weighted by molar-refractivity contribution is 5.16.